The van der Waals surface area contributed by atoms with Crippen molar-refractivity contribution in [1.82, 2.24) is 9.71 Å². The average molecular weight is 530 g/mol. The number of piperidine rings is 1. The molecule has 2 aromatic carbocycles. The van der Waals surface area contributed by atoms with Crippen LogP contribution in [0.5, 0.6) is 5.75 Å². The Morgan fingerprint density at radius 1 is 1.20 bits per heavy atom. The van der Waals surface area contributed by atoms with Gasteiger partial charge in [0.1, 0.15) is 10.6 Å². The molecule has 0 aliphatic carbocycles. The van der Waals surface area contributed by atoms with Crippen LogP contribution in [-0.4, -0.2) is 51.5 Å². The number of esters is 1. The van der Waals surface area contributed by atoms with Crippen molar-refractivity contribution in [3.8, 4) is 5.75 Å². The molecule has 4 rings (SSSR count). The molecule has 8 nitrogen and oxygen atoms in total. The van der Waals surface area contributed by atoms with Gasteiger partial charge in [0.25, 0.3) is 0 Å². The van der Waals surface area contributed by atoms with Crippen LogP contribution in [0.1, 0.15) is 30.1 Å². The summed E-state index contributed by atoms with van der Waals surface area (Å²) in [6.45, 7) is 3.02. The lowest BCUT2D eigenvalue weighted by atomic mass is 10.1. The number of carbonyl (C=O) groups excluding carboxylic acids is 1. The van der Waals surface area contributed by atoms with E-state index in [2.05, 4.69) is 14.4 Å². The SMILES string of the molecule is CCOC(=O)c1ccc2nc(N3CCC(NS(=O)(=O)c4ccccc4OC(F)(F)F)CC3)sc2c1. The van der Waals surface area contributed by atoms with Gasteiger partial charge < -0.3 is 14.4 Å². The minimum absolute atomic E-state index is 0.282. The zero-order valence-electron chi connectivity index (χ0n) is 18.5. The molecular weight excluding hydrogens is 507 g/mol. The van der Waals surface area contributed by atoms with Crippen molar-refractivity contribution in [2.45, 2.75) is 37.1 Å². The first kappa shape index (κ1) is 25.2. The summed E-state index contributed by atoms with van der Waals surface area (Å²) in [5, 5.41) is 0.742. The molecule has 0 atom stereocenters. The predicted molar refractivity (Wildman–Crippen MR) is 124 cm³/mol. The zero-order chi connectivity index (χ0) is 25.2. The Bertz CT molecular complexity index is 1320. The lowest BCUT2D eigenvalue weighted by molar-refractivity contribution is -0.275. The van der Waals surface area contributed by atoms with Gasteiger partial charge in [-0.25, -0.2) is 22.9 Å². The summed E-state index contributed by atoms with van der Waals surface area (Å²) in [4.78, 5) is 18.0. The largest absolute Gasteiger partial charge is 0.573 e. The first-order valence-electron chi connectivity index (χ1n) is 10.8. The average Bonchev–Trinajstić information content (AvgIpc) is 3.22. The maximum absolute atomic E-state index is 12.8. The molecule has 3 aromatic rings. The fourth-order valence-corrected chi connectivity index (χ4v) is 6.23. The fraction of sp³-hybridized carbons (Fsp3) is 0.364. The molecule has 188 valence electrons. The Balaban J connectivity index is 1.42. The van der Waals surface area contributed by atoms with Crippen molar-refractivity contribution in [3.63, 3.8) is 0 Å². The highest BCUT2D eigenvalue weighted by atomic mass is 32.2. The number of benzene rings is 2. The van der Waals surface area contributed by atoms with E-state index in [1.165, 1.54) is 23.5 Å². The second-order valence-corrected chi connectivity index (χ2v) is 10.5. The lowest BCUT2D eigenvalue weighted by Gasteiger charge is -2.32. The molecule has 0 radical (unpaired) electrons. The fourth-order valence-electron chi connectivity index (χ4n) is 3.74. The van der Waals surface area contributed by atoms with E-state index in [0.717, 1.165) is 27.5 Å². The number of nitrogens with zero attached hydrogens (tertiary/aromatic N) is 2. The maximum Gasteiger partial charge on any atom is 0.573 e. The first-order chi connectivity index (χ1) is 16.6. The smallest absolute Gasteiger partial charge is 0.462 e. The number of hydrogen-bond donors (Lipinski definition) is 1. The molecule has 0 amide bonds. The van der Waals surface area contributed by atoms with Crippen molar-refractivity contribution in [2.75, 3.05) is 24.6 Å². The van der Waals surface area contributed by atoms with E-state index in [4.69, 9.17) is 4.74 Å². The Kier molecular flexibility index (Phi) is 7.20. The third-order valence-electron chi connectivity index (χ3n) is 5.34. The van der Waals surface area contributed by atoms with E-state index in [9.17, 15) is 26.4 Å². The van der Waals surface area contributed by atoms with Crippen LogP contribution in [0.2, 0.25) is 0 Å². The van der Waals surface area contributed by atoms with Gasteiger partial charge in [-0.3, -0.25) is 0 Å². The molecule has 1 aliphatic rings. The third-order valence-corrected chi connectivity index (χ3v) is 7.98. The van der Waals surface area contributed by atoms with Crippen molar-refractivity contribution >= 4 is 42.7 Å². The molecule has 2 heterocycles. The summed E-state index contributed by atoms with van der Waals surface area (Å²) in [6, 6.07) is 9.33. The number of sulfonamides is 1. The summed E-state index contributed by atoms with van der Waals surface area (Å²) >= 11 is 1.42. The van der Waals surface area contributed by atoms with Gasteiger partial charge >= 0.3 is 12.3 Å². The summed E-state index contributed by atoms with van der Waals surface area (Å²) in [5.41, 5.74) is 1.18. The summed E-state index contributed by atoms with van der Waals surface area (Å²) in [5.74, 6) is -1.18. The van der Waals surface area contributed by atoms with Gasteiger partial charge in [0.05, 0.1) is 22.4 Å². The molecule has 1 aliphatic heterocycles. The van der Waals surface area contributed by atoms with Crippen LogP contribution >= 0.6 is 11.3 Å². The monoisotopic (exact) mass is 529 g/mol. The predicted octanol–water partition coefficient (Wildman–Crippen LogP) is 4.32. The van der Waals surface area contributed by atoms with Crippen molar-refractivity contribution in [3.05, 3.63) is 48.0 Å². The summed E-state index contributed by atoms with van der Waals surface area (Å²) in [7, 11) is -4.23. The highest BCUT2D eigenvalue weighted by Crippen LogP contribution is 2.33. The second-order valence-electron chi connectivity index (χ2n) is 7.78. The molecule has 35 heavy (non-hydrogen) atoms. The third kappa shape index (κ3) is 6.03. The molecule has 0 saturated carbocycles. The quantitative estimate of drug-likeness (QED) is 0.455. The highest BCUT2D eigenvalue weighted by Gasteiger charge is 2.35. The number of halogens is 3. The topological polar surface area (TPSA) is 97.8 Å². The number of para-hydroxylation sites is 1. The number of ether oxygens (including phenoxy) is 2. The molecule has 0 unspecified atom stereocenters. The Morgan fingerprint density at radius 2 is 1.91 bits per heavy atom. The number of nitrogens with one attached hydrogen (secondary N) is 1. The number of hydrogen-bond acceptors (Lipinski definition) is 8. The van der Waals surface area contributed by atoms with Crippen LogP contribution in [0, 0.1) is 0 Å². The van der Waals surface area contributed by atoms with Crippen LogP contribution in [0.4, 0.5) is 18.3 Å². The molecule has 1 saturated heterocycles. The van der Waals surface area contributed by atoms with Crippen molar-refractivity contribution < 1.29 is 35.9 Å². The molecule has 1 fully saturated rings. The zero-order valence-corrected chi connectivity index (χ0v) is 20.2. The number of anilines is 1. The van der Waals surface area contributed by atoms with Crippen LogP contribution in [0.25, 0.3) is 10.2 Å². The minimum Gasteiger partial charge on any atom is -0.462 e. The van der Waals surface area contributed by atoms with Gasteiger partial charge in [-0.1, -0.05) is 23.5 Å². The number of aromatic nitrogens is 1. The number of carbonyl (C=O) groups is 1. The van der Waals surface area contributed by atoms with Crippen molar-refractivity contribution in [1.29, 1.82) is 0 Å². The Hall–Kier alpha value is -2.90. The van der Waals surface area contributed by atoms with Crippen LogP contribution < -0.4 is 14.4 Å². The van der Waals surface area contributed by atoms with Gasteiger partial charge in [0.2, 0.25) is 10.0 Å². The van der Waals surface area contributed by atoms with Gasteiger partial charge in [-0.15, -0.1) is 13.2 Å². The van der Waals surface area contributed by atoms with E-state index in [0.29, 0.717) is 31.5 Å². The van der Waals surface area contributed by atoms with E-state index in [-0.39, 0.29) is 6.61 Å². The normalized spacial score (nSPS) is 15.4. The molecular formula is C22H22F3N3O5S2. The summed E-state index contributed by atoms with van der Waals surface area (Å²) < 4.78 is 75.8. The second kappa shape index (κ2) is 9.99. The van der Waals surface area contributed by atoms with E-state index < -0.39 is 39.0 Å². The molecule has 0 bridgehead atoms. The Labute approximate surface area is 203 Å². The molecule has 1 N–H and O–H groups in total. The van der Waals surface area contributed by atoms with Crippen LogP contribution in [0.3, 0.4) is 0 Å². The van der Waals surface area contributed by atoms with Gasteiger partial charge in [-0.2, -0.15) is 0 Å². The van der Waals surface area contributed by atoms with Gasteiger partial charge in [0, 0.05) is 19.1 Å². The van der Waals surface area contributed by atoms with Crippen molar-refractivity contribution in [2.24, 2.45) is 0 Å². The van der Waals surface area contributed by atoms with E-state index >= 15 is 0 Å². The van der Waals surface area contributed by atoms with Gasteiger partial charge in [0.15, 0.2) is 5.13 Å². The minimum atomic E-state index is -5.01. The molecule has 1 aromatic heterocycles. The number of alkyl halides is 3. The van der Waals surface area contributed by atoms with E-state index in [1.807, 2.05) is 4.90 Å². The molecule has 0 spiro atoms. The number of rotatable bonds is 7. The standard InChI is InChI=1S/C22H22F3N3O5S2/c1-2-32-20(29)14-7-8-16-18(13-14)34-21(26-16)28-11-9-15(10-12-28)27-35(30,31)19-6-4-3-5-17(19)33-22(23,24)25/h3-8,13,15,27H,2,9-12H2,1H3. The maximum atomic E-state index is 12.8. The highest BCUT2D eigenvalue weighted by molar-refractivity contribution is 7.89. The molecule has 13 heteroatoms. The van der Waals surface area contributed by atoms with E-state index in [1.54, 1.807) is 25.1 Å². The van der Waals surface area contributed by atoms with Crippen LogP contribution in [-0.2, 0) is 14.8 Å². The Morgan fingerprint density at radius 3 is 2.60 bits per heavy atom. The lowest BCUT2D eigenvalue weighted by Crippen LogP contribution is -2.44. The number of fused-ring (bicyclic) bond motifs is 1. The van der Waals surface area contributed by atoms with Gasteiger partial charge in [-0.05, 0) is 50.1 Å². The number of thiazole rings is 1. The first-order valence-corrected chi connectivity index (χ1v) is 13.1. The van der Waals surface area contributed by atoms with Crippen LogP contribution in [0.15, 0.2) is 47.4 Å². The summed E-state index contributed by atoms with van der Waals surface area (Å²) in [6.07, 6.45) is -4.14.